The molecular weight excluding hydrogens is 789 g/mol. The number of nitrogens with zero attached hydrogens (tertiary/aromatic N) is 3. The molecule has 2 saturated heterocycles. The van der Waals surface area contributed by atoms with E-state index in [1.165, 1.54) is 23.2 Å². The predicted octanol–water partition coefficient (Wildman–Crippen LogP) is 4.99. The van der Waals surface area contributed by atoms with Crippen LogP contribution in [0.25, 0.3) is 12.2 Å². The second-order valence-electron chi connectivity index (χ2n) is 12.3. The number of hydrogen-bond donors (Lipinski definition) is 4. The molecule has 0 spiro atoms. The van der Waals surface area contributed by atoms with Crippen molar-refractivity contribution >= 4 is 72.3 Å². The third kappa shape index (κ3) is 16.9. The fraction of sp³-hybridized carbons (Fsp3) is 0.471. The Hall–Kier alpha value is -4.30. The van der Waals surface area contributed by atoms with Crippen molar-refractivity contribution in [1.29, 1.82) is 0 Å². The second-order valence-corrected chi connectivity index (χ2v) is 12.3. The molecule has 3 amide bonds. The summed E-state index contributed by atoms with van der Waals surface area (Å²) in [5, 5.41) is 16.7. The van der Waals surface area contributed by atoms with Crippen molar-refractivity contribution in [3.63, 3.8) is 0 Å². The van der Waals surface area contributed by atoms with Crippen LogP contribution in [0, 0.1) is 0 Å². The smallest absolute Gasteiger partial charge is 0.391 e. The van der Waals surface area contributed by atoms with Crippen molar-refractivity contribution in [1.82, 2.24) is 20.2 Å². The molecule has 0 aromatic carbocycles. The molecule has 13 nitrogen and oxygen atoms in total. The highest BCUT2D eigenvalue weighted by Gasteiger charge is 2.33. The van der Waals surface area contributed by atoms with Crippen molar-refractivity contribution in [2.75, 3.05) is 50.0 Å². The fourth-order valence-corrected chi connectivity index (χ4v) is 4.96. The van der Waals surface area contributed by atoms with Gasteiger partial charge in [-0.1, -0.05) is 0 Å². The van der Waals surface area contributed by atoms with Crippen molar-refractivity contribution in [3.05, 3.63) is 58.9 Å². The lowest BCUT2D eigenvalue weighted by molar-refractivity contribution is -0.161. The van der Waals surface area contributed by atoms with E-state index in [2.05, 4.69) is 25.9 Å². The Kier molecular flexibility index (Phi) is 18.5. The zero-order valence-electron chi connectivity index (χ0n) is 29.1. The molecule has 2 aromatic rings. The molecule has 0 bridgehead atoms. The normalized spacial score (nSPS) is 16.7. The Balaban J connectivity index is 0.000000308. The number of ether oxygens (including phenoxy) is 2. The number of nitrogens with one attached hydrogen (secondary N) is 3. The van der Waals surface area contributed by atoms with E-state index < -0.39 is 31.2 Å². The number of aromatic nitrogens is 2. The minimum atomic E-state index is -4.23. The standard InChI is InChI=1S/C17H18F3N3O3.C11H10N2O3.C6H10F3NO.2ClH/c18-17(19,20)5-6-26-13-9-23(10-13)15(25)4-1-11-7-12-2-3-14(24)22-16(12)21-8-11;14-9-3-2-8-5-7(1-4-10(15)16)6-12-11(8)13-9;7-6(8,9)1-2-11-5-3-10-4-5;;/h1,4,7-8,13H,2-3,5-6,9-10H2,(H,21,22,24);1,4-6H,2-3H2,(H,15,16)(H,12,13,14);5,10H,1-4H2;2*1H/b2*4-1+;;;. The molecule has 4 aliphatic rings. The average Bonchev–Trinajstić information content (AvgIpc) is 3.04. The summed E-state index contributed by atoms with van der Waals surface area (Å²) < 4.78 is 80.7. The quantitative estimate of drug-likeness (QED) is 0.189. The maximum Gasteiger partial charge on any atom is 0.391 e. The van der Waals surface area contributed by atoms with Gasteiger partial charge in [-0.25, -0.2) is 14.8 Å². The highest BCUT2D eigenvalue weighted by Crippen LogP contribution is 2.24. The van der Waals surface area contributed by atoms with Crippen LogP contribution in [0.2, 0.25) is 0 Å². The van der Waals surface area contributed by atoms with Crippen LogP contribution >= 0.6 is 24.8 Å². The molecule has 6 rings (SSSR count). The molecule has 55 heavy (non-hydrogen) atoms. The first-order valence-electron chi connectivity index (χ1n) is 16.6. The molecule has 0 atom stereocenters. The minimum Gasteiger partial charge on any atom is -0.478 e. The Bertz CT molecular complexity index is 1690. The maximum atomic E-state index is 12.0. The van der Waals surface area contributed by atoms with Crippen molar-refractivity contribution in [3.8, 4) is 0 Å². The number of rotatable bonds is 10. The van der Waals surface area contributed by atoms with Gasteiger partial charge in [-0.3, -0.25) is 14.4 Å². The van der Waals surface area contributed by atoms with Crippen LogP contribution in [0.15, 0.2) is 36.7 Å². The highest BCUT2D eigenvalue weighted by molar-refractivity contribution is 5.94. The third-order valence-electron chi connectivity index (χ3n) is 7.95. The maximum absolute atomic E-state index is 12.0. The topological polar surface area (TPSA) is 172 Å². The van der Waals surface area contributed by atoms with Gasteiger partial charge in [0.15, 0.2) is 0 Å². The lowest BCUT2D eigenvalue weighted by Gasteiger charge is -2.38. The van der Waals surface area contributed by atoms with Gasteiger partial charge in [-0.05, 0) is 59.4 Å². The molecule has 0 radical (unpaired) electrons. The number of carboxylic acids is 1. The first kappa shape index (κ1) is 46.9. The number of hydrogen-bond acceptors (Lipinski definition) is 9. The van der Waals surface area contributed by atoms with Crippen LogP contribution < -0.4 is 16.0 Å². The van der Waals surface area contributed by atoms with Crippen molar-refractivity contribution in [2.45, 2.75) is 63.1 Å². The van der Waals surface area contributed by atoms with E-state index >= 15 is 0 Å². The first-order chi connectivity index (χ1) is 25.0. The summed E-state index contributed by atoms with van der Waals surface area (Å²) >= 11 is 0. The molecule has 4 N–H and O–H groups in total. The monoisotopic (exact) mass is 828 g/mol. The summed E-state index contributed by atoms with van der Waals surface area (Å²) in [5.41, 5.74) is 3.32. The molecule has 0 unspecified atom stereocenters. The lowest BCUT2D eigenvalue weighted by Crippen LogP contribution is -2.54. The molecule has 6 heterocycles. The molecule has 304 valence electrons. The number of carbonyl (C=O) groups excluding carboxylic acids is 3. The Labute approximate surface area is 324 Å². The van der Waals surface area contributed by atoms with Gasteiger partial charge >= 0.3 is 18.3 Å². The number of pyridine rings is 2. The SMILES string of the molecule is Cl.Cl.FC(F)(F)CCOC1CNC1.O=C(O)/C=C/c1cnc2c(c1)CCC(=O)N2.O=C1CCc2cc(/C=C/C(=O)N3CC(OCCC(F)(F)F)C3)cnc2N1. The van der Waals surface area contributed by atoms with Gasteiger partial charge in [-0.2, -0.15) is 26.3 Å². The van der Waals surface area contributed by atoms with Crippen LogP contribution in [0.4, 0.5) is 38.0 Å². The number of aryl methyl sites for hydroxylation is 2. The van der Waals surface area contributed by atoms with Gasteiger partial charge in [0.25, 0.3) is 0 Å². The Morgan fingerprint density at radius 1 is 0.764 bits per heavy atom. The van der Waals surface area contributed by atoms with Crippen molar-refractivity contribution < 1.29 is 60.1 Å². The molecule has 0 saturated carbocycles. The molecule has 0 aliphatic carbocycles. The van der Waals surface area contributed by atoms with E-state index in [9.17, 15) is 45.5 Å². The van der Waals surface area contributed by atoms with Gasteiger partial charge < -0.3 is 35.4 Å². The molecule has 4 aliphatic heterocycles. The van der Waals surface area contributed by atoms with Gasteiger partial charge in [0.2, 0.25) is 17.7 Å². The Morgan fingerprint density at radius 3 is 1.64 bits per heavy atom. The Morgan fingerprint density at radius 2 is 1.22 bits per heavy atom. The number of fused-ring (bicyclic) bond motifs is 2. The van der Waals surface area contributed by atoms with Crippen LogP contribution in [-0.2, 0) is 41.5 Å². The van der Waals surface area contributed by atoms with E-state index in [4.69, 9.17) is 14.6 Å². The fourth-order valence-electron chi connectivity index (χ4n) is 4.96. The first-order valence-corrected chi connectivity index (χ1v) is 16.6. The predicted molar refractivity (Wildman–Crippen MR) is 193 cm³/mol. The van der Waals surface area contributed by atoms with Gasteiger partial charge in [-0.15, -0.1) is 24.8 Å². The minimum absolute atomic E-state index is 0. The van der Waals surface area contributed by atoms with Crippen LogP contribution in [-0.4, -0.2) is 108 Å². The zero-order chi connectivity index (χ0) is 38.6. The molecule has 2 aromatic heterocycles. The van der Waals surface area contributed by atoms with Crippen LogP contribution in [0.5, 0.6) is 0 Å². The molecular formula is C34H40Cl2F6N6O7. The summed E-state index contributed by atoms with van der Waals surface area (Å²) in [6, 6.07) is 3.70. The summed E-state index contributed by atoms with van der Waals surface area (Å²) in [7, 11) is 0. The number of carbonyl (C=O) groups is 4. The second kappa shape index (κ2) is 21.7. The van der Waals surface area contributed by atoms with E-state index in [-0.39, 0.29) is 81.0 Å². The summed E-state index contributed by atoms with van der Waals surface area (Å²) in [6.45, 7) is 1.33. The van der Waals surface area contributed by atoms with E-state index in [1.54, 1.807) is 12.3 Å². The van der Waals surface area contributed by atoms with E-state index in [0.717, 1.165) is 28.3 Å². The number of amides is 3. The summed E-state index contributed by atoms with van der Waals surface area (Å²) in [5.74, 6) is -0.199. The third-order valence-corrected chi connectivity index (χ3v) is 7.95. The van der Waals surface area contributed by atoms with E-state index in [0.29, 0.717) is 50.4 Å². The largest absolute Gasteiger partial charge is 0.478 e. The number of likely N-dealkylation sites (tertiary alicyclic amines) is 1. The van der Waals surface area contributed by atoms with E-state index in [1.807, 2.05) is 12.1 Å². The molecule has 21 heteroatoms. The van der Waals surface area contributed by atoms with Gasteiger partial charge in [0.1, 0.15) is 11.6 Å². The number of alkyl halides is 6. The summed E-state index contributed by atoms with van der Waals surface area (Å²) in [6.07, 6.45) is 0.272. The van der Waals surface area contributed by atoms with Gasteiger partial charge in [0.05, 0.1) is 38.3 Å². The van der Waals surface area contributed by atoms with Gasteiger partial charge in [0, 0.05) is 63.6 Å². The van der Waals surface area contributed by atoms with Crippen LogP contribution in [0.3, 0.4) is 0 Å². The lowest BCUT2D eigenvalue weighted by atomic mass is 10.0. The molecule has 2 fully saturated rings. The number of anilines is 2. The number of carboxylic acid groups (broad SMARTS) is 1. The summed E-state index contributed by atoms with van der Waals surface area (Å²) in [4.78, 5) is 54.5. The zero-order valence-corrected chi connectivity index (χ0v) is 30.7. The van der Waals surface area contributed by atoms with Crippen LogP contribution in [0.1, 0.15) is 47.9 Å². The van der Waals surface area contributed by atoms with Crippen molar-refractivity contribution in [2.24, 2.45) is 0 Å². The number of halogens is 8. The highest BCUT2D eigenvalue weighted by atomic mass is 35.5. The average molecular weight is 830 g/mol. The number of aliphatic carboxylic acids is 1.